The summed E-state index contributed by atoms with van der Waals surface area (Å²) < 4.78 is 17.1. The van der Waals surface area contributed by atoms with Gasteiger partial charge in [0.2, 0.25) is 0 Å². The molecule has 2 fully saturated rings. The Morgan fingerprint density at radius 2 is 1.89 bits per heavy atom. The minimum atomic E-state index is -0.722. The van der Waals surface area contributed by atoms with Crippen LogP contribution in [0, 0.1) is 5.82 Å². The predicted octanol–water partition coefficient (Wildman–Crippen LogP) is 6.04. The van der Waals surface area contributed by atoms with Crippen molar-refractivity contribution in [3.63, 3.8) is 0 Å². The number of aromatic nitrogens is 1. The molecule has 1 aliphatic heterocycles. The lowest BCUT2D eigenvalue weighted by atomic mass is 9.93. The molecule has 1 N–H and O–H groups in total. The normalized spacial score (nSPS) is 18.5. The molecule has 3 aromatic rings. The summed E-state index contributed by atoms with van der Waals surface area (Å²) in [6.45, 7) is 0.166. The average molecular weight is 559 g/mol. The molecule has 2 aromatic carbocycles. The molecule has 0 radical (unpaired) electrons. The summed E-state index contributed by atoms with van der Waals surface area (Å²) in [7, 11) is 0. The van der Waals surface area contributed by atoms with Gasteiger partial charge in [0.05, 0.1) is 6.54 Å². The number of barbiturate groups is 1. The van der Waals surface area contributed by atoms with Crippen LogP contribution >= 0.6 is 27.5 Å². The summed E-state index contributed by atoms with van der Waals surface area (Å²) in [4.78, 5) is 39.8. The Bertz CT molecular complexity index is 1370. The molecule has 6 nitrogen and oxygen atoms in total. The van der Waals surface area contributed by atoms with Gasteiger partial charge in [0.25, 0.3) is 11.8 Å². The summed E-state index contributed by atoms with van der Waals surface area (Å²) in [6, 6.07) is 9.26. The molecule has 4 amide bonds. The predicted molar refractivity (Wildman–Crippen MR) is 135 cm³/mol. The highest BCUT2D eigenvalue weighted by Gasteiger charge is 2.40. The van der Waals surface area contributed by atoms with Crippen LogP contribution in [0.3, 0.4) is 0 Å². The molecule has 35 heavy (non-hydrogen) atoms. The van der Waals surface area contributed by atoms with E-state index in [-0.39, 0.29) is 18.2 Å². The zero-order valence-electron chi connectivity index (χ0n) is 18.7. The van der Waals surface area contributed by atoms with Gasteiger partial charge < -0.3 is 4.57 Å². The number of benzene rings is 2. The van der Waals surface area contributed by atoms with Crippen molar-refractivity contribution >= 4 is 62.4 Å². The molecule has 2 heterocycles. The molecular weight excluding hydrogens is 537 g/mol. The van der Waals surface area contributed by atoms with E-state index in [2.05, 4.69) is 21.2 Å². The van der Waals surface area contributed by atoms with E-state index in [1.54, 1.807) is 18.3 Å². The highest BCUT2D eigenvalue weighted by Crippen LogP contribution is 2.31. The molecule has 5 rings (SSSR count). The van der Waals surface area contributed by atoms with Crippen LogP contribution in [0.2, 0.25) is 5.02 Å². The van der Waals surface area contributed by atoms with Crippen molar-refractivity contribution in [1.82, 2.24) is 14.8 Å². The van der Waals surface area contributed by atoms with Crippen LogP contribution in [-0.2, 0) is 16.1 Å². The van der Waals surface area contributed by atoms with Crippen molar-refractivity contribution in [3.8, 4) is 0 Å². The number of nitrogens with zero attached hydrogens (tertiary/aromatic N) is 2. The molecule has 0 unspecified atom stereocenters. The van der Waals surface area contributed by atoms with Crippen LogP contribution in [-0.4, -0.2) is 33.4 Å². The minimum absolute atomic E-state index is 0.0990. The van der Waals surface area contributed by atoms with Crippen molar-refractivity contribution in [2.45, 2.75) is 44.7 Å². The third kappa shape index (κ3) is 4.52. The molecule has 2 aliphatic rings. The number of imide groups is 2. The van der Waals surface area contributed by atoms with Crippen LogP contribution in [0.5, 0.6) is 0 Å². The zero-order valence-corrected chi connectivity index (χ0v) is 21.0. The van der Waals surface area contributed by atoms with Gasteiger partial charge in [0.1, 0.15) is 11.4 Å². The lowest BCUT2D eigenvalue weighted by molar-refractivity contribution is -0.132. The highest BCUT2D eigenvalue weighted by atomic mass is 79.9. The zero-order chi connectivity index (χ0) is 24.7. The van der Waals surface area contributed by atoms with Gasteiger partial charge in [-0.3, -0.25) is 19.8 Å². The topological polar surface area (TPSA) is 71.4 Å². The second kappa shape index (κ2) is 9.59. The van der Waals surface area contributed by atoms with Gasteiger partial charge in [0.15, 0.2) is 0 Å². The van der Waals surface area contributed by atoms with Crippen molar-refractivity contribution in [1.29, 1.82) is 0 Å². The first kappa shape index (κ1) is 23.8. The number of rotatable bonds is 4. The van der Waals surface area contributed by atoms with Crippen LogP contribution in [0.25, 0.3) is 17.0 Å². The number of urea groups is 1. The van der Waals surface area contributed by atoms with E-state index >= 15 is 0 Å². The number of amides is 4. The van der Waals surface area contributed by atoms with Gasteiger partial charge in [-0.1, -0.05) is 52.9 Å². The number of fused-ring (bicyclic) bond motifs is 1. The molecular formula is C26H22BrClFN3O3. The van der Waals surface area contributed by atoms with Gasteiger partial charge in [-0.2, -0.15) is 0 Å². The highest BCUT2D eigenvalue weighted by molar-refractivity contribution is 9.10. The molecule has 0 bridgehead atoms. The monoisotopic (exact) mass is 557 g/mol. The van der Waals surface area contributed by atoms with E-state index in [0.717, 1.165) is 47.5 Å². The maximum absolute atomic E-state index is 14.5. The van der Waals surface area contributed by atoms with Crippen molar-refractivity contribution < 1.29 is 18.8 Å². The molecule has 1 aliphatic carbocycles. The first-order valence-corrected chi connectivity index (χ1v) is 12.6. The van der Waals surface area contributed by atoms with Gasteiger partial charge >= 0.3 is 6.03 Å². The van der Waals surface area contributed by atoms with Crippen LogP contribution in [0.1, 0.15) is 43.2 Å². The van der Waals surface area contributed by atoms with E-state index in [4.69, 9.17) is 11.6 Å². The Balaban J connectivity index is 1.58. The molecule has 1 saturated heterocycles. The fourth-order valence-electron chi connectivity index (χ4n) is 4.89. The van der Waals surface area contributed by atoms with Crippen LogP contribution in [0.4, 0.5) is 9.18 Å². The molecule has 1 aromatic heterocycles. The fourth-order valence-corrected chi connectivity index (χ4v) is 5.48. The summed E-state index contributed by atoms with van der Waals surface area (Å²) in [5.41, 5.74) is 1.63. The second-order valence-corrected chi connectivity index (χ2v) is 10.2. The number of carbonyl (C=O) groups is 3. The van der Waals surface area contributed by atoms with E-state index < -0.39 is 23.7 Å². The summed E-state index contributed by atoms with van der Waals surface area (Å²) in [5, 5.41) is 3.40. The lowest BCUT2D eigenvalue weighted by Crippen LogP contribution is -2.58. The van der Waals surface area contributed by atoms with Gasteiger partial charge in [-0.15, -0.1) is 0 Å². The Labute approximate surface area is 214 Å². The largest absolute Gasteiger partial charge is 0.342 e. The van der Waals surface area contributed by atoms with E-state index in [9.17, 15) is 18.8 Å². The first-order chi connectivity index (χ1) is 16.8. The lowest BCUT2D eigenvalue weighted by Gasteiger charge is -2.35. The van der Waals surface area contributed by atoms with E-state index in [1.165, 1.54) is 17.0 Å². The summed E-state index contributed by atoms with van der Waals surface area (Å²) >= 11 is 9.73. The standard InChI is InChI=1S/C26H22BrClFN3O3/c27-16-9-10-23-18(12-16)15(13-31(23)14-20-21(28)7-4-8-22(20)29)11-19-24(33)30-26(35)32(25(19)34)17-5-2-1-3-6-17/h4,7-13,17H,1-3,5-6,14H2,(H,30,33,35)/b19-11+. The minimum Gasteiger partial charge on any atom is -0.342 e. The molecule has 9 heteroatoms. The molecule has 0 spiro atoms. The van der Waals surface area contributed by atoms with Crippen LogP contribution in [0.15, 0.2) is 52.6 Å². The smallest absolute Gasteiger partial charge is 0.331 e. The Hall–Kier alpha value is -2.97. The third-order valence-electron chi connectivity index (χ3n) is 6.64. The summed E-state index contributed by atoms with van der Waals surface area (Å²) in [5.74, 6) is -1.72. The third-order valence-corrected chi connectivity index (χ3v) is 7.48. The summed E-state index contributed by atoms with van der Waals surface area (Å²) in [6.07, 6.45) is 7.68. The van der Waals surface area contributed by atoms with Crippen LogP contribution < -0.4 is 5.32 Å². The second-order valence-electron chi connectivity index (χ2n) is 8.86. The van der Waals surface area contributed by atoms with Crippen molar-refractivity contribution in [2.75, 3.05) is 0 Å². The maximum Gasteiger partial charge on any atom is 0.331 e. The number of halogens is 3. The van der Waals surface area contributed by atoms with E-state index in [1.807, 2.05) is 22.8 Å². The van der Waals surface area contributed by atoms with E-state index in [0.29, 0.717) is 16.1 Å². The fraction of sp³-hybridized carbons (Fsp3) is 0.269. The average Bonchev–Trinajstić information content (AvgIpc) is 3.16. The first-order valence-electron chi connectivity index (χ1n) is 11.5. The van der Waals surface area contributed by atoms with Gasteiger partial charge in [0, 0.05) is 43.8 Å². The van der Waals surface area contributed by atoms with Gasteiger partial charge in [-0.05, 0) is 49.2 Å². The Morgan fingerprint density at radius 1 is 1.11 bits per heavy atom. The number of nitrogens with one attached hydrogen (secondary N) is 1. The maximum atomic E-state index is 14.5. The number of carbonyl (C=O) groups excluding carboxylic acids is 3. The van der Waals surface area contributed by atoms with Crippen molar-refractivity contribution in [2.24, 2.45) is 0 Å². The van der Waals surface area contributed by atoms with Gasteiger partial charge in [-0.25, -0.2) is 9.18 Å². The quantitative estimate of drug-likeness (QED) is 0.314. The Morgan fingerprint density at radius 3 is 2.63 bits per heavy atom. The molecule has 180 valence electrons. The number of hydrogen-bond acceptors (Lipinski definition) is 3. The SMILES string of the molecule is O=C1NC(=O)N(C2CCCCC2)C(=O)/C1=C/c1cn(Cc2c(F)cccc2Cl)c2ccc(Br)cc12. The Kier molecular flexibility index (Phi) is 6.51. The number of hydrogen-bond donors (Lipinski definition) is 1. The molecule has 1 saturated carbocycles. The molecule has 0 atom stereocenters. The van der Waals surface area contributed by atoms with Crippen molar-refractivity contribution in [3.05, 3.63) is 74.6 Å².